The van der Waals surface area contributed by atoms with Crippen LogP contribution in [0.2, 0.25) is 0 Å². The zero-order valence-corrected chi connectivity index (χ0v) is 12.9. The number of likely N-dealkylation sites (N-methyl/N-ethyl adjacent to an activating group) is 1. The number of rotatable bonds is 5. The van der Waals surface area contributed by atoms with Gasteiger partial charge in [-0.25, -0.2) is 4.39 Å². The molecule has 0 bridgehead atoms. The average Bonchev–Trinajstić information content (AvgIpc) is 2.47. The number of amides is 2. The van der Waals surface area contributed by atoms with Gasteiger partial charge >= 0.3 is 0 Å². The number of quaternary nitrogens is 1. The van der Waals surface area contributed by atoms with Crippen LogP contribution in [0.4, 0.5) is 10.1 Å². The van der Waals surface area contributed by atoms with Crippen LogP contribution in [0.5, 0.6) is 0 Å². The minimum Gasteiger partial charge on any atom is -0.338 e. The van der Waals surface area contributed by atoms with Crippen molar-refractivity contribution in [3.05, 3.63) is 30.1 Å². The van der Waals surface area contributed by atoms with Crippen LogP contribution in [0.25, 0.3) is 0 Å². The van der Waals surface area contributed by atoms with E-state index in [1.54, 1.807) is 12.1 Å². The number of carbonyl (C=O) groups excluding carboxylic acids is 2. The highest BCUT2D eigenvalue weighted by molar-refractivity contribution is 5.91. The Hall–Kier alpha value is -1.95. The monoisotopic (exact) mass is 308 g/mol. The molecule has 22 heavy (non-hydrogen) atoms. The Morgan fingerprint density at radius 3 is 2.64 bits per heavy atom. The molecule has 2 amide bonds. The van der Waals surface area contributed by atoms with Crippen LogP contribution in [-0.4, -0.2) is 49.9 Å². The van der Waals surface area contributed by atoms with Gasteiger partial charge in [-0.1, -0.05) is 6.07 Å². The third-order valence-electron chi connectivity index (χ3n) is 3.73. The smallest absolute Gasteiger partial charge is 0.279 e. The van der Waals surface area contributed by atoms with Crippen molar-refractivity contribution >= 4 is 17.5 Å². The molecule has 0 aromatic heterocycles. The summed E-state index contributed by atoms with van der Waals surface area (Å²) in [6.45, 7) is 2.12. The summed E-state index contributed by atoms with van der Waals surface area (Å²) in [5.74, 6) is -0.524. The number of hydrogen-bond donors (Lipinski definition) is 2. The van der Waals surface area contributed by atoms with Crippen LogP contribution in [0.1, 0.15) is 19.3 Å². The first-order valence-corrected chi connectivity index (χ1v) is 7.69. The number of hydrogen-bond acceptors (Lipinski definition) is 2. The topological polar surface area (TPSA) is 53.9 Å². The van der Waals surface area contributed by atoms with E-state index in [4.69, 9.17) is 0 Å². The van der Waals surface area contributed by atoms with Crippen molar-refractivity contribution in [2.45, 2.75) is 19.3 Å². The molecule has 1 aromatic carbocycles. The fourth-order valence-corrected chi connectivity index (χ4v) is 2.62. The second-order valence-corrected chi connectivity index (χ2v) is 5.81. The first kappa shape index (κ1) is 16.4. The predicted molar refractivity (Wildman–Crippen MR) is 82.1 cm³/mol. The molecular weight excluding hydrogens is 285 g/mol. The van der Waals surface area contributed by atoms with Crippen molar-refractivity contribution in [1.29, 1.82) is 0 Å². The number of nitrogens with zero attached hydrogens (tertiary/aromatic N) is 1. The number of piperidine rings is 1. The van der Waals surface area contributed by atoms with Crippen molar-refractivity contribution in [3.63, 3.8) is 0 Å². The fraction of sp³-hybridized carbons (Fsp3) is 0.500. The van der Waals surface area contributed by atoms with Crippen LogP contribution in [-0.2, 0) is 9.59 Å². The Morgan fingerprint density at radius 2 is 1.95 bits per heavy atom. The maximum atomic E-state index is 13.1. The van der Waals surface area contributed by atoms with Crippen molar-refractivity contribution in [3.8, 4) is 0 Å². The molecule has 1 unspecified atom stereocenters. The average molecular weight is 308 g/mol. The molecule has 0 aliphatic carbocycles. The molecular formula is C16H23FN3O2+. The zero-order chi connectivity index (χ0) is 15.9. The summed E-state index contributed by atoms with van der Waals surface area (Å²) in [6.07, 6.45) is 3.30. The van der Waals surface area contributed by atoms with E-state index in [1.165, 1.54) is 18.6 Å². The van der Waals surface area contributed by atoms with E-state index in [0.29, 0.717) is 12.2 Å². The molecule has 1 saturated heterocycles. The highest BCUT2D eigenvalue weighted by Gasteiger charge is 2.21. The van der Waals surface area contributed by atoms with Crippen LogP contribution in [0.3, 0.4) is 0 Å². The van der Waals surface area contributed by atoms with E-state index in [2.05, 4.69) is 5.32 Å². The van der Waals surface area contributed by atoms with Gasteiger partial charge in [-0.05, 0) is 37.5 Å². The van der Waals surface area contributed by atoms with Crippen molar-refractivity contribution in [1.82, 2.24) is 4.90 Å². The van der Waals surface area contributed by atoms with E-state index in [0.717, 1.165) is 30.8 Å². The second-order valence-electron chi connectivity index (χ2n) is 5.81. The predicted octanol–water partition coefficient (Wildman–Crippen LogP) is 0.291. The quantitative estimate of drug-likeness (QED) is 0.821. The maximum absolute atomic E-state index is 13.1. The zero-order valence-electron chi connectivity index (χ0n) is 12.9. The molecule has 0 radical (unpaired) electrons. The lowest BCUT2D eigenvalue weighted by Gasteiger charge is -2.27. The molecule has 5 nitrogen and oxygen atoms in total. The molecule has 120 valence electrons. The molecule has 1 aliphatic rings. The summed E-state index contributed by atoms with van der Waals surface area (Å²) in [5.41, 5.74) is 0.431. The van der Waals surface area contributed by atoms with Gasteiger partial charge in [-0.3, -0.25) is 9.59 Å². The summed E-state index contributed by atoms with van der Waals surface area (Å²) < 4.78 is 13.1. The summed E-state index contributed by atoms with van der Waals surface area (Å²) in [6, 6.07) is 5.77. The molecule has 0 saturated carbocycles. The Kier molecular flexibility index (Phi) is 5.89. The highest BCUT2D eigenvalue weighted by atomic mass is 19.1. The number of nitrogens with one attached hydrogen (secondary N) is 2. The van der Waals surface area contributed by atoms with Crippen molar-refractivity contribution in [2.24, 2.45) is 0 Å². The standard InChI is InChI=1S/C16H22FN3O2/c1-19(12-16(22)20-8-3-2-4-9-20)11-15(21)18-14-7-5-6-13(17)10-14/h5-7,10H,2-4,8-9,11-12H2,1H3,(H,18,21)/p+1. The Bertz CT molecular complexity index is 530. The van der Waals surface area contributed by atoms with E-state index in [1.807, 2.05) is 11.9 Å². The lowest BCUT2D eigenvalue weighted by molar-refractivity contribution is -0.862. The summed E-state index contributed by atoms with van der Waals surface area (Å²) in [7, 11) is 1.81. The first-order valence-electron chi connectivity index (χ1n) is 7.69. The third-order valence-corrected chi connectivity index (χ3v) is 3.73. The lowest BCUT2D eigenvalue weighted by atomic mass is 10.1. The number of benzene rings is 1. The number of carbonyl (C=O) groups is 2. The van der Waals surface area contributed by atoms with E-state index >= 15 is 0 Å². The minimum atomic E-state index is -0.390. The minimum absolute atomic E-state index is 0.0933. The van der Waals surface area contributed by atoms with Gasteiger partial charge in [0.05, 0.1) is 7.05 Å². The Labute approximate surface area is 130 Å². The van der Waals surface area contributed by atoms with Crippen LogP contribution in [0, 0.1) is 5.82 Å². The summed E-state index contributed by atoms with van der Waals surface area (Å²) in [4.78, 5) is 26.7. The molecule has 1 fully saturated rings. The van der Waals surface area contributed by atoms with E-state index in [-0.39, 0.29) is 18.4 Å². The van der Waals surface area contributed by atoms with Gasteiger partial charge in [0.25, 0.3) is 11.8 Å². The fourth-order valence-electron chi connectivity index (χ4n) is 2.62. The highest BCUT2D eigenvalue weighted by Crippen LogP contribution is 2.09. The van der Waals surface area contributed by atoms with Gasteiger partial charge in [0, 0.05) is 18.8 Å². The van der Waals surface area contributed by atoms with Gasteiger partial charge in [-0.15, -0.1) is 0 Å². The number of anilines is 1. The number of likely N-dealkylation sites (tertiary alicyclic amines) is 1. The van der Waals surface area contributed by atoms with Crippen LogP contribution < -0.4 is 10.2 Å². The molecule has 1 heterocycles. The Balaban J connectivity index is 1.77. The van der Waals surface area contributed by atoms with Gasteiger partial charge in [0.1, 0.15) is 5.82 Å². The van der Waals surface area contributed by atoms with Crippen LogP contribution >= 0.6 is 0 Å². The number of halogens is 1. The molecule has 2 rings (SSSR count). The summed E-state index contributed by atoms with van der Waals surface area (Å²) in [5, 5.41) is 2.64. The van der Waals surface area contributed by atoms with Crippen molar-refractivity contribution < 1.29 is 18.9 Å². The third kappa shape index (κ3) is 5.11. The second kappa shape index (κ2) is 7.89. The molecule has 2 N–H and O–H groups in total. The molecule has 1 aromatic rings. The normalized spacial score (nSPS) is 16.2. The molecule has 1 atom stereocenters. The van der Waals surface area contributed by atoms with Gasteiger partial charge in [0.2, 0.25) is 0 Å². The molecule has 0 spiro atoms. The van der Waals surface area contributed by atoms with E-state index in [9.17, 15) is 14.0 Å². The van der Waals surface area contributed by atoms with E-state index < -0.39 is 5.82 Å². The van der Waals surface area contributed by atoms with Gasteiger partial charge in [-0.2, -0.15) is 0 Å². The summed E-state index contributed by atoms with van der Waals surface area (Å²) >= 11 is 0. The lowest BCUT2D eigenvalue weighted by Crippen LogP contribution is -3.11. The van der Waals surface area contributed by atoms with Crippen molar-refractivity contribution in [2.75, 3.05) is 38.5 Å². The first-order chi connectivity index (χ1) is 10.5. The van der Waals surface area contributed by atoms with Crippen LogP contribution in [0.15, 0.2) is 24.3 Å². The largest absolute Gasteiger partial charge is 0.338 e. The van der Waals surface area contributed by atoms with Gasteiger partial charge < -0.3 is 15.1 Å². The SMILES string of the molecule is C[NH+](CC(=O)Nc1cccc(F)c1)CC(=O)N1CCCCC1. The van der Waals surface area contributed by atoms with Gasteiger partial charge in [0.15, 0.2) is 13.1 Å². The Morgan fingerprint density at radius 1 is 1.23 bits per heavy atom. The molecule has 1 aliphatic heterocycles. The molecule has 6 heteroatoms. The maximum Gasteiger partial charge on any atom is 0.279 e.